The Hall–Kier alpha value is -2.21. The molecule has 0 atom stereocenters. The van der Waals surface area contributed by atoms with E-state index in [4.69, 9.17) is 12.2 Å². The van der Waals surface area contributed by atoms with Gasteiger partial charge < -0.3 is 10.3 Å². The van der Waals surface area contributed by atoms with Crippen LogP contribution in [0.3, 0.4) is 0 Å². The van der Waals surface area contributed by atoms with E-state index in [9.17, 15) is 4.39 Å². The van der Waals surface area contributed by atoms with Crippen LogP contribution in [0.5, 0.6) is 0 Å². The number of para-hydroxylation sites is 1. The number of benzene rings is 1. The van der Waals surface area contributed by atoms with Gasteiger partial charge in [0.15, 0.2) is 5.11 Å². The lowest BCUT2D eigenvalue weighted by atomic mass is 10.1. The molecule has 0 spiro atoms. The van der Waals surface area contributed by atoms with E-state index in [0.29, 0.717) is 5.69 Å². The normalized spacial score (nSPS) is 11.3. The highest BCUT2D eigenvalue weighted by Crippen LogP contribution is 2.14. The van der Waals surface area contributed by atoms with Crippen molar-refractivity contribution in [2.75, 3.05) is 5.32 Å². The Labute approximate surface area is 128 Å². The monoisotopic (exact) mass is 304 g/mol. The van der Waals surface area contributed by atoms with Crippen LogP contribution in [0.1, 0.15) is 23.7 Å². The lowest BCUT2D eigenvalue weighted by Gasteiger charge is -2.09. The van der Waals surface area contributed by atoms with Crippen LogP contribution in [0.15, 0.2) is 35.6 Å². The van der Waals surface area contributed by atoms with Crippen LogP contribution >= 0.6 is 12.2 Å². The van der Waals surface area contributed by atoms with Gasteiger partial charge in [0.1, 0.15) is 5.82 Å². The number of anilines is 1. The fourth-order valence-electron chi connectivity index (χ4n) is 2.12. The highest BCUT2D eigenvalue weighted by atomic mass is 32.1. The Morgan fingerprint density at radius 2 is 2.00 bits per heavy atom. The SMILES string of the molecule is C/C(=N\NC(=S)Nc1ccccc1F)c1c(C)c[nH]c1C. The van der Waals surface area contributed by atoms with Crippen LogP contribution in [-0.4, -0.2) is 15.8 Å². The molecule has 21 heavy (non-hydrogen) atoms. The third-order valence-electron chi connectivity index (χ3n) is 3.08. The van der Waals surface area contributed by atoms with Crippen molar-refractivity contribution in [3.05, 3.63) is 53.1 Å². The van der Waals surface area contributed by atoms with Gasteiger partial charge in [0, 0.05) is 17.5 Å². The number of halogens is 1. The van der Waals surface area contributed by atoms with E-state index < -0.39 is 0 Å². The van der Waals surface area contributed by atoms with Gasteiger partial charge in [0.2, 0.25) is 0 Å². The van der Waals surface area contributed by atoms with Crippen molar-refractivity contribution >= 4 is 28.7 Å². The molecule has 2 aromatic rings. The highest BCUT2D eigenvalue weighted by molar-refractivity contribution is 7.80. The third kappa shape index (κ3) is 3.66. The fraction of sp³-hybridized carbons (Fsp3) is 0.200. The number of rotatable bonds is 3. The van der Waals surface area contributed by atoms with Gasteiger partial charge >= 0.3 is 0 Å². The molecule has 0 unspecified atom stereocenters. The number of hydrogen-bond donors (Lipinski definition) is 3. The number of H-pyrrole nitrogens is 1. The summed E-state index contributed by atoms with van der Waals surface area (Å²) < 4.78 is 13.5. The summed E-state index contributed by atoms with van der Waals surface area (Å²) in [5, 5.41) is 7.25. The number of thiocarbonyl (C=S) groups is 1. The van der Waals surface area contributed by atoms with Gasteiger partial charge in [-0.3, -0.25) is 5.43 Å². The molecular formula is C15H17FN4S. The Kier molecular flexibility index (Phi) is 4.70. The topological polar surface area (TPSA) is 52.2 Å². The molecule has 0 saturated heterocycles. The van der Waals surface area contributed by atoms with Gasteiger partial charge in [0.05, 0.1) is 11.4 Å². The number of nitrogens with one attached hydrogen (secondary N) is 3. The average Bonchev–Trinajstić information content (AvgIpc) is 2.78. The molecule has 4 nitrogen and oxygen atoms in total. The van der Waals surface area contributed by atoms with Crippen LogP contribution in [0, 0.1) is 19.7 Å². The van der Waals surface area contributed by atoms with Crippen LogP contribution in [0.4, 0.5) is 10.1 Å². The predicted octanol–water partition coefficient (Wildman–Crippen LogP) is 3.48. The first kappa shape index (κ1) is 15.2. The quantitative estimate of drug-likeness (QED) is 0.462. The Bertz CT molecular complexity index is 671. The number of hydrogen-bond acceptors (Lipinski definition) is 2. The first-order valence-corrected chi connectivity index (χ1v) is 6.90. The summed E-state index contributed by atoms with van der Waals surface area (Å²) in [6, 6.07) is 6.33. The molecular weight excluding hydrogens is 287 g/mol. The molecule has 110 valence electrons. The van der Waals surface area contributed by atoms with Gasteiger partial charge in [-0.15, -0.1) is 0 Å². The van der Waals surface area contributed by atoms with E-state index in [-0.39, 0.29) is 10.9 Å². The van der Waals surface area contributed by atoms with Gasteiger partial charge in [-0.2, -0.15) is 5.10 Å². The van der Waals surface area contributed by atoms with Crippen molar-refractivity contribution in [3.63, 3.8) is 0 Å². The van der Waals surface area contributed by atoms with Crippen molar-refractivity contribution in [1.82, 2.24) is 10.4 Å². The number of nitrogens with zero attached hydrogens (tertiary/aromatic N) is 1. The number of aryl methyl sites for hydroxylation is 2. The zero-order chi connectivity index (χ0) is 15.4. The molecule has 6 heteroatoms. The highest BCUT2D eigenvalue weighted by Gasteiger charge is 2.08. The van der Waals surface area contributed by atoms with Crippen molar-refractivity contribution in [2.24, 2.45) is 5.10 Å². The van der Waals surface area contributed by atoms with Crippen molar-refractivity contribution in [3.8, 4) is 0 Å². The standard InChI is InChI=1S/C15H17FN4S/c1-9-8-17-10(2)14(9)11(3)19-20-15(21)18-13-7-5-4-6-12(13)16/h4-8,17H,1-3H3,(H2,18,20,21)/b19-11+. The Morgan fingerprint density at radius 1 is 1.29 bits per heavy atom. The molecule has 0 radical (unpaired) electrons. The minimum atomic E-state index is -0.361. The summed E-state index contributed by atoms with van der Waals surface area (Å²) in [6.45, 7) is 5.88. The summed E-state index contributed by atoms with van der Waals surface area (Å²) in [5.74, 6) is -0.361. The van der Waals surface area contributed by atoms with E-state index in [1.165, 1.54) is 6.07 Å². The van der Waals surface area contributed by atoms with Crippen LogP contribution < -0.4 is 10.7 Å². The smallest absolute Gasteiger partial charge is 0.191 e. The zero-order valence-electron chi connectivity index (χ0n) is 12.1. The fourth-order valence-corrected chi connectivity index (χ4v) is 2.27. The molecule has 0 fully saturated rings. The number of aromatic amines is 1. The van der Waals surface area contributed by atoms with Gasteiger partial charge in [0.25, 0.3) is 0 Å². The summed E-state index contributed by atoms with van der Waals surface area (Å²) in [7, 11) is 0. The van der Waals surface area contributed by atoms with E-state index in [2.05, 4.69) is 20.8 Å². The lowest BCUT2D eigenvalue weighted by Crippen LogP contribution is -2.25. The first-order chi connectivity index (χ1) is 9.99. The Balaban J connectivity index is 2.04. The maximum atomic E-state index is 13.5. The minimum absolute atomic E-state index is 0.241. The Morgan fingerprint density at radius 3 is 2.62 bits per heavy atom. The molecule has 2 rings (SSSR count). The zero-order valence-corrected chi connectivity index (χ0v) is 12.9. The third-order valence-corrected chi connectivity index (χ3v) is 3.28. The van der Waals surface area contributed by atoms with E-state index >= 15 is 0 Å². The van der Waals surface area contributed by atoms with Crippen LogP contribution in [0.2, 0.25) is 0 Å². The molecule has 0 aliphatic rings. The molecule has 0 bridgehead atoms. The maximum Gasteiger partial charge on any atom is 0.191 e. The number of aromatic nitrogens is 1. The molecule has 1 heterocycles. The molecule has 0 saturated carbocycles. The second-order valence-electron chi connectivity index (χ2n) is 4.71. The van der Waals surface area contributed by atoms with Gasteiger partial charge in [-0.1, -0.05) is 12.1 Å². The largest absolute Gasteiger partial charge is 0.364 e. The second-order valence-corrected chi connectivity index (χ2v) is 5.12. The molecule has 3 N–H and O–H groups in total. The van der Waals surface area contributed by atoms with Crippen molar-refractivity contribution < 1.29 is 4.39 Å². The molecule has 1 aromatic heterocycles. The number of hydrazone groups is 1. The van der Waals surface area contributed by atoms with E-state index in [0.717, 1.165) is 22.5 Å². The summed E-state index contributed by atoms with van der Waals surface area (Å²) in [6.07, 6.45) is 1.93. The average molecular weight is 304 g/mol. The summed E-state index contributed by atoms with van der Waals surface area (Å²) in [5.41, 5.74) is 7.07. The molecule has 0 aliphatic heterocycles. The van der Waals surface area contributed by atoms with Crippen molar-refractivity contribution in [1.29, 1.82) is 0 Å². The van der Waals surface area contributed by atoms with Crippen LogP contribution in [0.25, 0.3) is 0 Å². The second kappa shape index (κ2) is 6.49. The first-order valence-electron chi connectivity index (χ1n) is 6.50. The predicted molar refractivity (Wildman–Crippen MR) is 88.2 cm³/mol. The van der Waals surface area contributed by atoms with Crippen molar-refractivity contribution in [2.45, 2.75) is 20.8 Å². The van der Waals surface area contributed by atoms with E-state index in [1.54, 1.807) is 18.2 Å². The summed E-state index contributed by atoms with van der Waals surface area (Å²) in [4.78, 5) is 3.15. The van der Waals surface area contributed by atoms with E-state index in [1.807, 2.05) is 27.0 Å². The molecule has 0 aliphatic carbocycles. The lowest BCUT2D eigenvalue weighted by molar-refractivity contribution is 0.632. The molecule has 0 amide bonds. The van der Waals surface area contributed by atoms with Crippen LogP contribution in [-0.2, 0) is 0 Å². The summed E-state index contributed by atoms with van der Waals surface area (Å²) >= 11 is 5.11. The minimum Gasteiger partial charge on any atom is -0.364 e. The van der Waals surface area contributed by atoms with Gasteiger partial charge in [-0.05, 0) is 50.7 Å². The maximum absolute atomic E-state index is 13.5. The molecule has 1 aromatic carbocycles. The van der Waals surface area contributed by atoms with Gasteiger partial charge in [-0.25, -0.2) is 4.39 Å².